The number of aromatic nitrogens is 5. The number of para-hydroxylation sites is 1. The lowest BCUT2D eigenvalue weighted by atomic mass is 10.1. The molecule has 2 aromatic carbocycles. The van der Waals surface area contributed by atoms with Crippen molar-refractivity contribution in [2.75, 3.05) is 5.32 Å². The average molecular weight is 459 g/mol. The molecule has 9 heteroatoms. The number of aromatic amines is 1. The Bertz CT molecular complexity index is 1580. The zero-order valence-electron chi connectivity index (χ0n) is 17.8. The molecular weight excluding hydrogens is 440 g/mol. The Morgan fingerprint density at radius 1 is 1.09 bits per heavy atom. The number of rotatable bonds is 5. The number of carbonyl (C=O) groups is 1. The minimum Gasteiger partial charge on any atom is -0.361 e. The SMILES string of the molecule is CC(=O)c1[nH]nc2ncnc(N[C@@H](C)c3cc4cccc(Cl)c4c(=O)n3-c3ccccc3)c12. The van der Waals surface area contributed by atoms with Gasteiger partial charge in [-0.1, -0.05) is 41.9 Å². The summed E-state index contributed by atoms with van der Waals surface area (Å²) in [7, 11) is 0. The van der Waals surface area contributed by atoms with Crippen molar-refractivity contribution in [3.8, 4) is 5.69 Å². The molecule has 5 rings (SSSR count). The van der Waals surface area contributed by atoms with Gasteiger partial charge in [-0.15, -0.1) is 0 Å². The lowest BCUT2D eigenvalue weighted by molar-refractivity contribution is 0.101. The van der Waals surface area contributed by atoms with Crippen LogP contribution < -0.4 is 10.9 Å². The van der Waals surface area contributed by atoms with E-state index < -0.39 is 0 Å². The quantitative estimate of drug-likeness (QED) is 0.370. The molecule has 0 saturated carbocycles. The van der Waals surface area contributed by atoms with Crippen molar-refractivity contribution in [2.45, 2.75) is 19.9 Å². The van der Waals surface area contributed by atoms with Crippen molar-refractivity contribution in [3.05, 3.63) is 87.7 Å². The van der Waals surface area contributed by atoms with E-state index in [0.717, 1.165) is 5.39 Å². The van der Waals surface area contributed by atoms with Gasteiger partial charge in [0.2, 0.25) is 0 Å². The molecule has 0 aliphatic carbocycles. The molecule has 0 unspecified atom stereocenters. The summed E-state index contributed by atoms with van der Waals surface area (Å²) >= 11 is 6.40. The highest BCUT2D eigenvalue weighted by Gasteiger charge is 2.21. The van der Waals surface area contributed by atoms with E-state index in [9.17, 15) is 9.59 Å². The van der Waals surface area contributed by atoms with Crippen molar-refractivity contribution in [1.82, 2.24) is 24.7 Å². The molecule has 0 radical (unpaired) electrons. The number of halogens is 1. The molecule has 3 heterocycles. The molecule has 3 aromatic heterocycles. The smallest absolute Gasteiger partial charge is 0.264 e. The van der Waals surface area contributed by atoms with Gasteiger partial charge in [-0.05, 0) is 36.6 Å². The Hall–Kier alpha value is -4.04. The summed E-state index contributed by atoms with van der Waals surface area (Å²) in [5.41, 5.74) is 1.92. The maximum atomic E-state index is 13.6. The summed E-state index contributed by atoms with van der Waals surface area (Å²) in [5.74, 6) is 0.272. The topological polar surface area (TPSA) is 106 Å². The molecular formula is C24H19ClN6O2. The predicted molar refractivity (Wildman–Crippen MR) is 128 cm³/mol. The third kappa shape index (κ3) is 3.54. The monoisotopic (exact) mass is 458 g/mol. The number of H-pyrrole nitrogens is 1. The van der Waals surface area contributed by atoms with Crippen LogP contribution in [-0.4, -0.2) is 30.5 Å². The molecule has 0 aliphatic heterocycles. The van der Waals surface area contributed by atoms with Gasteiger partial charge < -0.3 is 5.32 Å². The number of hydrogen-bond acceptors (Lipinski definition) is 6. The standard InChI is InChI=1S/C24H19ClN6O2/c1-13(28-22-20-21(14(2)32)29-30-23(20)27-12-26-22)18-11-15-7-6-10-17(25)19(15)24(33)31(18)16-8-4-3-5-9-16/h3-13H,1-2H3,(H2,26,27,28,29,30)/t13-/m0/s1. The maximum absolute atomic E-state index is 13.6. The van der Waals surface area contributed by atoms with Crippen LogP contribution in [0.5, 0.6) is 0 Å². The first-order valence-electron chi connectivity index (χ1n) is 10.3. The van der Waals surface area contributed by atoms with Gasteiger partial charge in [0.25, 0.3) is 5.56 Å². The van der Waals surface area contributed by atoms with Crippen LogP contribution in [0.25, 0.3) is 27.5 Å². The minimum absolute atomic E-state index is 0.176. The van der Waals surface area contributed by atoms with E-state index >= 15 is 0 Å². The van der Waals surface area contributed by atoms with E-state index in [1.165, 1.54) is 13.3 Å². The van der Waals surface area contributed by atoms with Gasteiger partial charge in [-0.2, -0.15) is 5.10 Å². The van der Waals surface area contributed by atoms with Gasteiger partial charge in [0.1, 0.15) is 17.8 Å². The third-order valence-corrected chi connectivity index (χ3v) is 5.85. The highest BCUT2D eigenvalue weighted by Crippen LogP contribution is 2.29. The Labute approximate surface area is 193 Å². The number of pyridine rings is 1. The number of nitrogens with zero attached hydrogens (tertiary/aromatic N) is 4. The Morgan fingerprint density at radius 3 is 2.64 bits per heavy atom. The second-order valence-electron chi connectivity index (χ2n) is 7.69. The fourth-order valence-corrected chi connectivity index (χ4v) is 4.26. The second-order valence-corrected chi connectivity index (χ2v) is 8.10. The number of ketones is 1. The zero-order valence-corrected chi connectivity index (χ0v) is 18.6. The lowest BCUT2D eigenvalue weighted by Crippen LogP contribution is -2.26. The number of benzene rings is 2. The van der Waals surface area contributed by atoms with Crippen molar-refractivity contribution < 1.29 is 4.79 Å². The van der Waals surface area contributed by atoms with E-state index in [1.54, 1.807) is 10.6 Å². The number of fused-ring (bicyclic) bond motifs is 2. The average Bonchev–Trinajstić information content (AvgIpc) is 3.25. The van der Waals surface area contributed by atoms with Crippen LogP contribution >= 0.6 is 11.6 Å². The van der Waals surface area contributed by atoms with Crippen LogP contribution in [0.2, 0.25) is 5.02 Å². The van der Waals surface area contributed by atoms with Crippen LogP contribution in [0.3, 0.4) is 0 Å². The summed E-state index contributed by atoms with van der Waals surface area (Å²) in [4.78, 5) is 34.2. The number of Topliss-reactive ketones (excluding diaryl/α,β-unsaturated/α-hetero) is 1. The third-order valence-electron chi connectivity index (χ3n) is 5.54. The Kier molecular flexibility index (Phi) is 5.14. The first kappa shape index (κ1) is 20.8. The Balaban J connectivity index is 1.71. The number of anilines is 1. The molecule has 0 bridgehead atoms. The summed E-state index contributed by atoms with van der Waals surface area (Å²) < 4.78 is 1.64. The van der Waals surface area contributed by atoms with E-state index in [4.69, 9.17) is 11.6 Å². The van der Waals surface area contributed by atoms with E-state index in [-0.39, 0.29) is 17.4 Å². The highest BCUT2D eigenvalue weighted by atomic mass is 35.5. The number of nitrogens with one attached hydrogen (secondary N) is 2. The lowest BCUT2D eigenvalue weighted by Gasteiger charge is -2.22. The summed E-state index contributed by atoms with van der Waals surface area (Å²) in [6, 6.07) is 16.3. The number of hydrogen-bond donors (Lipinski definition) is 2. The molecule has 0 amide bonds. The Morgan fingerprint density at radius 2 is 1.88 bits per heavy atom. The van der Waals surface area contributed by atoms with Gasteiger partial charge in [0.15, 0.2) is 11.4 Å². The fraction of sp³-hybridized carbons (Fsp3) is 0.125. The van der Waals surface area contributed by atoms with E-state index in [1.807, 2.05) is 55.5 Å². The maximum Gasteiger partial charge on any atom is 0.264 e. The van der Waals surface area contributed by atoms with Crippen molar-refractivity contribution in [2.24, 2.45) is 0 Å². The molecule has 2 N–H and O–H groups in total. The summed E-state index contributed by atoms with van der Waals surface area (Å²) in [6.07, 6.45) is 1.38. The molecule has 0 spiro atoms. The molecule has 0 fully saturated rings. The second kappa shape index (κ2) is 8.14. The van der Waals surface area contributed by atoms with Crippen LogP contribution in [0.15, 0.2) is 65.7 Å². The van der Waals surface area contributed by atoms with Crippen LogP contribution in [0.1, 0.15) is 36.1 Å². The molecule has 1 atom stereocenters. The van der Waals surface area contributed by atoms with Gasteiger partial charge >= 0.3 is 0 Å². The fourth-order valence-electron chi connectivity index (χ4n) is 4.00. The number of carbonyl (C=O) groups excluding carboxylic acids is 1. The first-order valence-corrected chi connectivity index (χ1v) is 10.7. The highest BCUT2D eigenvalue weighted by molar-refractivity contribution is 6.35. The van der Waals surface area contributed by atoms with Crippen molar-refractivity contribution in [3.63, 3.8) is 0 Å². The van der Waals surface area contributed by atoms with Crippen molar-refractivity contribution in [1.29, 1.82) is 0 Å². The summed E-state index contributed by atoms with van der Waals surface area (Å²) in [6.45, 7) is 3.37. The molecule has 33 heavy (non-hydrogen) atoms. The largest absolute Gasteiger partial charge is 0.361 e. The van der Waals surface area contributed by atoms with Crippen LogP contribution in [-0.2, 0) is 0 Å². The summed E-state index contributed by atoms with van der Waals surface area (Å²) in [5, 5.41) is 12.3. The van der Waals surface area contributed by atoms with E-state index in [2.05, 4.69) is 25.5 Å². The van der Waals surface area contributed by atoms with E-state index in [0.29, 0.717) is 44.3 Å². The van der Waals surface area contributed by atoms with Gasteiger partial charge in [-0.3, -0.25) is 19.3 Å². The normalized spacial score (nSPS) is 12.2. The predicted octanol–water partition coefficient (Wildman–Crippen LogP) is 4.69. The van der Waals surface area contributed by atoms with Crippen LogP contribution in [0.4, 0.5) is 5.82 Å². The molecule has 5 aromatic rings. The molecule has 0 saturated heterocycles. The minimum atomic E-state index is -0.367. The molecule has 8 nitrogen and oxygen atoms in total. The zero-order chi connectivity index (χ0) is 23.1. The van der Waals surface area contributed by atoms with Gasteiger partial charge in [0, 0.05) is 18.3 Å². The van der Waals surface area contributed by atoms with Gasteiger partial charge in [-0.25, -0.2) is 9.97 Å². The van der Waals surface area contributed by atoms with Crippen LogP contribution in [0, 0.1) is 0 Å². The molecule has 164 valence electrons. The van der Waals surface area contributed by atoms with Gasteiger partial charge in [0.05, 0.1) is 21.8 Å². The molecule has 0 aliphatic rings. The first-order chi connectivity index (χ1) is 16.0. The van der Waals surface area contributed by atoms with Crippen molar-refractivity contribution >= 4 is 45.0 Å².